The monoisotopic (exact) mass is 395 g/mol. The van der Waals surface area contributed by atoms with Crippen LogP contribution in [0.4, 0.5) is 4.39 Å². The first-order valence-corrected chi connectivity index (χ1v) is 9.62. The molecule has 0 radical (unpaired) electrons. The summed E-state index contributed by atoms with van der Waals surface area (Å²) in [6.07, 6.45) is 0.239. The molecule has 6 heteroatoms. The molecule has 1 N–H and O–H groups in total. The third-order valence-corrected chi connectivity index (χ3v) is 4.74. The summed E-state index contributed by atoms with van der Waals surface area (Å²) < 4.78 is 20.6. The van der Waals surface area contributed by atoms with E-state index in [2.05, 4.69) is 16.5 Å². The fraction of sp³-hybridized carbons (Fsp3) is 0.304. The zero-order chi connectivity index (χ0) is 21.0. The number of nitrogens with one attached hydrogen (secondary N) is 1. The molecule has 2 aromatic carbocycles. The van der Waals surface area contributed by atoms with Crippen molar-refractivity contribution in [2.24, 2.45) is 0 Å². The Labute approximate surface area is 170 Å². The van der Waals surface area contributed by atoms with Gasteiger partial charge in [0, 0.05) is 11.3 Å². The van der Waals surface area contributed by atoms with Crippen molar-refractivity contribution >= 4 is 5.91 Å². The van der Waals surface area contributed by atoms with Gasteiger partial charge in [-0.25, -0.2) is 9.07 Å². The van der Waals surface area contributed by atoms with Crippen molar-refractivity contribution in [1.82, 2.24) is 15.1 Å². The van der Waals surface area contributed by atoms with E-state index in [4.69, 9.17) is 4.74 Å². The molecule has 0 aliphatic carbocycles. The topological polar surface area (TPSA) is 56.1 Å². The van der Waals surface area contributed by atoms with Gasteiger partial charge >= 0.3 is 0 Å². The number of aromatic nitrogens is 2. The Kier molecular flexibility index (Phi) is 6.32. The second-order valence-electron chi connectivity index (χ2n) is 7.24. The maximum atomic E-state index is 13.2. The second kappa shape index (κ2) is 8.90. The molecule has 1 heterocycles. The van der Waals surface area contributed by atoms with Crippen LogP contribution < -0.4 is 10.1 Å². The number of rotatable bonds is 7. The fourth-order valence-electron chi connectivity index (χ4n) is 3.36. The van der Waals surface area contributed by atoms with Crippen LogP contribution in [0.15, 0.2) is 42.5 Å². The minimum Gasteiger partial charge on any atom is -0.492 e. The average Bonchev–Trinajstić information content (AvgIpc) is 2.93. The molecule has 29 heavy (non-hydrogen) atoms. The quantitative estimate of drug-likeness (QED) is 0.616. The minimum absolute atomic E-state index is 0.0844. The Morgan fingerprint density at radius 1 is 1.07 bits per heavy atom. The Hall–Kier alpha value is -3.15. The van der Waals surface area contributed by atoms with E-state index in [1.807, 2.05) is 39.8 Å². The van der Waals surface area contributed by atoms with E-state index in [1.54, 1.807) is 16.8 Å². The lowest BCUT2D eigenvalue weighted by Crippen LogP contribution is -2.29. The highest BCUT2D eigenvalue weighted by molar-refractivity contribution is 5.79. The van der Waals surface area contributed by atoms with Gasteiger partial charge in [-0.15, -0.1) is 0 Å². The lowest BCUT2D eigenvalue weighted by atomic mass is 10.1. The molecule has 3 rings (SSSR count). The highest BCUT2D eigenvalue weighted by Gasteiger charge is 2.16. The van der Waals surface area contributed by atoms with Crippen LogP contribution in [0.25, 0.3) is 5.69 Å². The zero-order valence-corrected chi connectivity index (χ0v) is 17.3. The number of carbonyl (C=O) groups is 1. The Balaban J connectivity index is 1.56. The number of hydrogen-bond acceptors (Lipinski definition) is 3. The maximum Gasteiger partial charge on any atom is 0.224 e. The van der Waals surface area contributed by atoms with Crippen LogP contribution in [0.2, 0.25) is 0 Å². The van der Waals surface area contributed by atoms with E-state index >= 15 is 0 Å². The van der Waals surface area contributed by atoms with Crippen molar-refractivity contribution < 1.29 is 13.9 Å². The molecular formula is C23H26FN3O2. The van der Waals surface area contributed by atoms with E-state index in [-0.39, 0.29) is 18.1 Å². The number of ether oxygens (including phenoxy) is 1. The Bertz CT molecular complexity index is 989. The van der Waals surface area contributed by atoms with E-state index in [0.29, 0.717) is 13.2 Å². The molecule has 0 aliphatic rings. The molecule has 0 atom stereocenters. The van der Waals surface area contributed by atoms with Crippen LogP contribution in [-0.2, 0) is 11.2 Å². The van der Waals surface area contributed by atoms with Gasteiger partial charge in [0.2, 0.25) is 5.91 Å². The molecule has 1 amide bonds. The zero-order valence-electron chi connectivity index (χ0n) is 17.3. The summed E-state index contributed by atoms with van der Waals surface area (Å²) in [6, 6.07) is 12.2. The summed E-state index contributed by atoms with van der Waals surface area (Å²) in [5.41, 5.74) is 5.59. The van der Waals surface area contributed by atoms with E-state index in [1.165, 1.54) is 12.1 Å². The minimum atomic E-state index is -0.294. The molecular weight excluding hydrogens is 369 g/mol. The predicted molar refractivity (Wildman–Crippen MR) is 111 cm³/mol. The molecule has 0 saturated carbocycles. The van der Waals surface area contributed by atoms with E-state index in [0.717, 1.165) is 39.5 Å². The maximum absolute atomic E-state index is 13.2. The van der Waals surface area contributed by atoms with Gasteiger partial charge in [0.1, 0.15) is 18.2 Å². The van der Waals surface area contributed by atoms with Crippen molar-refractivity contribution in [1.29, 1.82) is 0 Å². The van der Waals surface area contributed by atoms with Crippen molar-refractivity contribution in [2.45, 2.75) is 34.1 Å². The number of amides is 1. The molecule has 5 nitrogen and oxygen atoms in total. The third kappa shape index (κ3) is 5.22. The van der Waals surface area contributed by atoms with Crippen molar-refractivity contribution in [3.8, 4) is 11.4 Å². The molecule has 0 spiro atoms. The SMILES string of the molecule is Cc1cc(C)cc(OCCNC(=O)Cc2c(C)nn(-c3ccc(F)cc3)c2C)c1. The van der Waals surface area contributed by atoms with Gasteiger partial charge in [0.25, 0.3) is 0 Å². The molecule has 3 aromatic rings. The van der Waals surface area contributed by atoms with Gasteiger partial charge in [-0.1, -0.05) is 6.07 Å². The standard InChI is InChI=1S/C23H26FN3O2/c1-15-11-16(2)13-21(12-15)29-10-9-25-23(28)14-22-17(3)26-27(18(22)4)20-7-5-19(24)6-8-20/h5-8,11-13H,9-10,14H2,1-4H3,(H,25,28). The first-order chi connectivity index (χ1) is 13.8. The van der Waals surface area contributed by atoms with Crippen molar-refractivity contribution in [3.05, 3.63) is 76.4 Å². The normalized spacial score (nSPS) is 10.8. The van der Waals surface area contributed by atoms with Crippen molar-refractivity contribution in [3.63, 3.8) is 0 Å². The molecule has 1 aromatic heterocycles. The molecule has 0 fully saturated rings. The Morgan fingerprint density at radius 2 is 1.72 bits per heavy atom. The number of aryl methyl sites for hydroxylation is 3. The number of carbonyl (C=O) groups excluding carboxylic acids is 1. The molecule has 0 bridgehead atoms. The fourth-order valence-corrected chi connectivity index (χ4v) is 3.36. The van der Waals surface area contributed by atoms with Gasteiger partial charge in [-0.2, -0.15) is 5.10 Å². The average molecular weight is 395 g/mol. The highest BCUT2D eigenvalue weighted by atomic mass is 19.1. The smallest absolute Gasteiger partial charge is 0.224 e. The van der Waals surface area contributed by atoms with Gasteiger partial charge in [0.15, 0.2) is 0 Å². The molecule has 152 valence electrons. The summed E-state index contributed by atoms with van der Waals surface area (Å²) >= 11 is 0. The van der Waals surface area contributed by atoms with Crippen LogP contribution in [0.3, 0.4) is 0 Å². The molecule has 0 aliphatic heterocycles. The van der Waals surface area contributed by atoms with Crippen LogP contribution in [0.1, 0.15) is 28.1 Å². The van der Waals surface area contributed by atoms with Gasteiger partial charge in [-0.05, 0) is 75.2 Å². The van der Waals surface area contributed by atoms with Gasteiger partial charge in [-0.3, -0.25) is 4.79 Å². The number of nitrogens with zero attached hydrogens (tertiary/aromatic N) is 2. The van der Waals surface area contributed by atoms with Crippen LogP contribution in [-0.4, -0.2) is 28.8 Å². The van der Waals surface area contributed by atoms with Crippen LogP contribution in [0, 0.1) is 33.5 Å². The number of halogens is 1. The van der Waals surface area contributed by atoms with Gasteiger partial charge < -0.3 is 10.1 Å². The largest absolute Gasteiger partial charge is 0.492 e. The molecule has 0 unspecified atom stereocenters. The predicted octanol–water partition coefficient (Wildman–Crippen LogP) is 3.98. The van der Waals surface area contributed by atoms with Crippen molar-refractivity contribution in [2.75, 3.05) is 13.2 Å². The lowest BCUT2D eigenvalue weighted by Gasteiger charge is -2.10. The second-order valence-corrected chi connectivity index (χ2v) is 7.24. The summed E-state index contributed by atoms with van der Waals surface area (Å²) in [5, 5.41) is 7.40. The molecule has 0 saturated heterocycles. The summed E-state index contributed by atoms with van der Waals surface area (Å²) in [6.45, 7) is 8.67. The van der Waals surface area contributed by atoms with E-state index < -0.39 is 0 Å². The first kappa shape index (κ1) is 20.6. The van der Waals surface area contributed by atoms with Crippen LogP contribution >= 0.6 is 0 Å². The highest BCUT2D eigenvalue weighted by Crippen LogP contribution is 2.19. The summed E-state index contributed by atoms with van der Waals surface area (Å²) in [5.74, 6) is 0.431. The lowest BCUT2D eigenvalue weighted by molar-refractivity contribution is -0.120. The van der Waals surface area contributed by atoms with Crippen LogP contribution in [0.5, 0.6) is 5.75 Å². The summed E-state index contributed by atoms with van der Waals surface area (Å²) in [4.78, 5) is 12.4. The number of hydrogen-bond donors (Lipinski definition) is 1. The van der Waals surface area contributed by atoms with Gasteiger partial charge in [0.05, 0.1) is 24.3 Å². The third-order valence-electron chi connectivity index (χ3n) is 4.74. The summed E-state index contributed by atoms with van der Waals surface area (Å²) in [7, 11) is 0. The Morgan fingerprint density at radius 3 is 2.38 bits per heavy atom. The number of benzene rings is 2. The first-order valence-electron chi connectivity index (χ1n) is 9.62. The van der Waals surface area contributed by atoms with E-state index in [9.17, 15) is 9.18 Å².